The smallest absolute Gasteiger partial charge is 0.251 e. The first-order chi connectivity index (χ1) is 15.0. The summed E-state index contributed by atoms with van der Waals surface area (Å²) >= 11 is 1.47. The number of methoxy groups -OCH3 is 3. The van der Waals surface area contributed by atoms with E-state index in [1.165, 1.54) is 44.8 Å². The van der Waals surface area contributed by atoms with Gasteiger partial charge in [-0.25, -0.2) is 4.98 Å². The number of aromatic nitrogens is 2. The molecule has 1 aromatic carbocycles. The third-order valence-corrected chi connectivity index (χ3v) is 5.20. The normalized spacial score (nSPS) is 10.3. The van der Waals surface area contributed by atoms with Crippen molar-refractivity contribution in [3.05, 3.63) is 53.3 Å². The summed E-state index contributed by atoms with van der Waals surface area (Å²) in [5.74, 6) is 0.306. The molecule has 2 aromatic heterocycles. The molecule has 31 heavy (non-hydrogen) atoms. The van der Waals surface area contributed by atoms with Crippen LogP contribution in [0, 0.1) is 0 Å². The number of carbonyl (C=O) groups is 2. The zero-order valence-electron chi connectivity index (χ0n) is 17.3. The second-order valence-electron chi connectivity index (χ2n) is 6.26. The molecule has 0 aliphatic carbocycles. The number of nitrogens with one attached hydrogen (secondary N) is 2. The van der Waals surface area contributed by atoms with Crippen molar-refractivity contribution in [2.24, 2.45) is 0 Å². The van der Waals surface area contributed by atoms with Crippen LogP contribution in [0.2, 0.25) is 0 Å². The van der Waals surface area contributed by atoms with E-state index in [0.29, 0.717) is 17.2 Å². The Hall–Kier alpha value is -3.66. The van der Waals surface area contributed by atoms with Gasteiger partial charge in [0.15, 0.2) is 11.5 Å². The highest BCUT2D eigenvalue weighted by Gasteiger charge is 2.17. The van der Waals surface area contributed by atoms with E-state index in [2.05, 4.69) is 20.6 Å². The summed E-state index contributed by atoms with van der Waals surface area (Å²) in [7, 11) is 4.40. The van der Waals surface area contributed by atoms with Crippen molar-refractivity contribution in [1.29, 1.82) is 0 Å². The lowest BCUT2D eigenvalue weighted by Crippen LogP contribution is -2.36. The fourth-order valence-corrected chi connectivity index (χ4v) is 3.55. The van der Waals surface area contributed by atoms with Gasteiger partial charge in [-0.2, -0.15) is 0 Å². The molecule has 0 spiro atoms. The highest BCUT2D eigenvalue weighted by molar-refractivity contribution is 7.13. The van der Waals surface area contributed by atoms with Gasteiger partial charge in [0.2, 0.25) is 11.7 Å². The summed E-state index contributed by atoms with van der Waals surface area (Å²) in [6.07, 6.45) is 3.44. The molecule has 0 radical (unpaired) electrons. The predicted molar refractivity (Wildman–Crippen MR) is 116 cm³/mol. The maximum absolute atomic E-state index is 12.5. The van der Waals surface area contributed by atoms with Gasteiger partial charge in [0.25, 0.3) is 5.91 Å². The average molecular weight is 442 g/mol. The van der Waals surface area contributed by atoms with E-state index < -0.39 is 5.91 Å². The van der Waals surface area contributed by atoms with Crippen LogP contribution in [0.25, 0.3) is 10.6 Å². The minimum atomic E-state index is -0.443. The van der Waals surface area contributed by atoms with Crippen LogP contribution in [0.3, 0.4) is 0 Å². The van der Waals surface area contributed by atoms with Crippen molar-refractivity contribution in [1.82, 2.24) is 20.6 Å². The fraction of sp³-hybridized carbons (Fsp3) is 0.238. The fourth-order valence-electron chi connectivity index (χ4n) is 2.74. The Kier molecular flexibility index (Phi) is 7.39. The van der Waals surface area contributed by atoms with Crippen LogP contribution < -0.4 is 24.8 Å². The first-order valence-electron chi connectivity index (χ1n) is 9.25. The second-order valence-corrected chi connectivity index (χ2v) is 7.12. The molecular formula is C21H22N4O5S. The molecule has 3 aromatic rings. The van der Waals surface area contributed by atoms with Gasteiger partial charge in [0.05, 0.1) is 40.1 Å². The third-order valence-electron chi connectivity index (χ3n) is 4.26. The van der Waals surface area contributed by atoms with Gasteiger partial charge >= 0.3 is 0 Å². The molecule has 2 amide bonds. The summed E-state index contributed by atoms with van der Waals surface area (Å²) in [6.45, 7) is 0.0741. The van der Waals surface area contributed by atoms with Crippen LogP contribution in [0.5, 0.6) is 17.2 Å². The largest absolute Gasteiger partial charge is 0.493 e. The van der Waals surface area contributed by atoms with E-state index in [0.717, 1.165) is 16.3 Å². The Balaban J connectivity index is 1.54. The van der Waals surface area contributed by atoms with E-state index in [9.17, 15) is 9.59 Å². The number of nitrogens with zero attached hydrogens (tertiary/aromatic N) is 2. The minimum absolute atomic E-state index is 0.185. The number of amides is 2. The summed E-state index contributed by atoms with van der Waals surface area (Å²) in [5, 5.41) is 8.02. The zero-order valence-corrected chi connectivity index (χ0v) is 18.1. The summed E-state index contributed by atoms with van der Waals surface area (Å²) in [5.41, 5.74) is 1.93. The van der Waals surface area contributed by atoms with Crippen LogP contribution in [-0.4, -0.2) is 49.7 Å². The molecule has 0 aliphatic rings. The molecule has 2 heterocycles. The molecule has 10 heteroatoms. The predicted octanol–water partition coefficient (Wildman–Crippen LogP) is 2.28. The number of rotatable bonds is 9. The molecule has 0 atom stereocenters. The third kappa shape index (κ3) is 5.48. The lowest BCUT2D eigenvalue weighted by Gasteiger charge is -2.14. The van der Waals surface area contributed by atoms with Crippen LogP contribution in [0.4, 0.5) is 0 Å². The minimum Gasteiger partial charge on any atom is -0.493 e. The maximum Gasteiger partial charge on any atom is 0.251 e. The number of hydrogen-bond acceptors (Lipinski definition) is 8. The molecule has 0 unspecified atom stereocenters. The van der Waals surface area contributed by atoms with Gasteiger partial charge in [0, 0.05) is 28.9 Å². The first kappa shape index (κ1) is 22.0. The van der Waals surface area contributed by atoms with Gasteiger partial charge in [-0.05, 0) is 24.3 Å². The monoisotopic (exact) mass is 442 g/mol. The Morgan fingerprint density at radius 1 is 1.06 bits per heavy atom. The Bertz CT molecular complexity index is 1030. The van der Waals surface area contributed by atoms with Crippen molar-refractivity contribution in [2.45, 2.75) is 6.54 Å². The van der Waals surface area contributed by atoms with Gasteiger partial charge in [-0.1, -0.05) is 0 Å². The number of thiazole rings is 1. The molecular weight excluding hydrogens is 420 g/mol. The Morgan fingerprint density at radius 3 is 2.42 bits per heavy atom. The van der Waals surface area contributed by atoms with Crippen molar-refractivity contribution in [3.63, 3.8) is 0 Å². The van der Waals surface area contributed by atoms with Crippen molar-refractivity contribution in [2.75, 3.05) is 27.9 Å². The molecule has 0 aliphatic heterocycles. The second kappa shape index (κ2) is 10.4. The van der Waals surface area contributed by atoms with Crippen LogP contribution in [-0.2, 0) is 11.3 Å². The number of ether oxygens (including phenoxy) is 3. The van der Waals surface area contributed by atoms with Crippen LogP contribution >= 0.6 is 11.3 Å². The molecule has 0 saturated heterocycles. The van der Waals surface area contributed by atoms with E-state index in [1.807, 2.05) is 17.5 Å². The number of benzene rings is 1. The Labute approximate surface area is 183 Å². The molecule has 0 fully saturated rings. The van der Waals surface area contributed by atoms with E-state index in [4.69, 9.17) is 14.2 Å². The van der Waals surface area contributed by atoms with Crippen LogP contribution in [0.15, 0.2) is 42.0 Å². The van der Waals surface area contributed by atoms with Crippen molar-refractivity contribution < 1.29 is 23.8 Å². The van der Waals surface area contributed by atoms with E-state index >= 15 is 0 Å². The molecule has 9 nitrogen and oxygen atoms in total. The molecule has 0 bridgehead atoms. The molecule has 0 saturated carbocycles. The maximum atomic E-state index is 12.5. The van der Waals surface area contributed by atoms with Gasteiger partial charge in [-0.3, -0.25) is 14.6 Å². The van der Waals surface area contributed by atoms with Gasteiger partial charge in [0.1, 0.15) is 5.01 Å². The lowest BCUT2D eigenvalue weighted by atomic mass is 10.1. The summed E-state index contributed by atoms with van der Waals surface area (Å²) < 4.78 is 15.7. The summed E-state index contributed by atoms with van der Waals surface area (Å²) in [4.78, 5) is 33.2. The van der Waals surface area contributed by atoms with Crippen molar-refractivity contribution in [3.8, 4) is 27.8 Å². The zero-order chi connectivity index (χ0) is 22.2. The number of carbonyl (C=O) groups excluding carboxylic acids is 2. The van der Waals surface area contributed by atoms with Crippen LogP contribution in [0.1, 0.15) is 16.1 Å². The quantitative estimate of drug-likeness (QED) is 0.523. The number of pyridine rings is 1. The molecule has 2 N–H and O–H groups in total. The lowest BCUT2D eigenvalue weighted by molar-refractivity contribution is -0.120. The molecule has 162 valence electrons. The standard InChI is InChI=1S/C21H22N4O5S/c1-28-16-7-14(8-17(29-2)19(16)30-3)20(27)24-11-18(26)23-10-15-12-31-21(25-15)13-5-4-6-22-9-13/h4-9,12H,10-11H2,1-3H3,(H,23,26)(H,24,27). The van der Waals surface area contributed by atoms with Crippen molar-refractivity contribution >= 4 is 23.2 Å². The molecule has 3 rings (SSSR count). The Morgan fingerprint density at radius 2 is 1.81 bits per heavy atom. The topological polar surface area (TPSA) is 112 Å². The average Bonchev–Trinajstić information content (AvgIpc) is 3.29. The van der Waals surface area contributed by atoms with E-state index in [-0.39, 0.29) is 24.6 Å². The highest BCUT2D eigenvalue weighted by atomic mass is 32.1. The first-order valence-corrected chi connectivity index (χ1v) is 10.1. The number of hydrogen-bond donors (Lipinski definition) is 2. The summed E-state index contributed by atoms with van der Waals surface area (Å²) in [6, 6.07) is 6.80. The van der Waals surface area contributed by atoms with Gasteiger partial charge < -0.3 is 24.8 Å². The van der Waals surface area contributed by atoms with Gasteiger partial charge in [-0.15, -0.1) is 11.3 Å². The van der Waals surface area contributed by atoms with E-state index in [1.54, 1.807) is 12.4 Å². The SMILES string of the molecule is COc1cc(C(=O)NCC(=O)NCc2csc(-c3cccnc3)n2)cc(OC)c1OC. The highest BCUT2D eigenvalue weighted by Crippen LogP contribution is 2.38.